The van der Waals surface area contributed by atoms with E-state index in [0.717, 1.165) is 16.8 Å². The highest BCUT2D eigenvalue weighted by Crippen LogP contribution is 2.27. The third-order valence-electron chi connectivity index (χ3n) is 4.92. The lowest BCUT2D eigenvalue weighted by Gasteiger charge is -2.29. The van der Waals surface area contributed by atoms with E-state index in [-0.39, 0.29) is 30.2 Å². The number of aryl methyl sites for hydroxylation is 1. The molecule has 26 heavy (non-hydrogen) atoms. The Morgan fingerprint density at radius 2 is 1.77 bits per heavy atom. The van der Waals surface area contributed by atoms with Crippen LogP contribution in [0.5, 0.6) is 0 Å². The molecule has 1 aliphatic rings. The number of carbonyl (C=O) groups is 2. The highest BCUT2D eigenvalue weighted by atomic mass is 16.2. The first-order chi connectivity index (χ1) is 12.5. The van der Waals surface area contributed by atoms with Crippen molar-refractivity contribution in [1.82, 2.24) is 4.90 Å². The summed E-state index contributed by atoms with van der Waals surface area (Å²) in [6.07, 6.45) is 0.282. The fourth-order valence-electron chi connectivity index (χ4n) is 3.38. The van der Waals surface area contributed by atoms with Crippen LogP contribution in [-0.2, 0) is 16.1 Å². The molecule has 136 valence electrons. The average Bonchev–Trinajstić information content (AvgIpc) is 3.02. The molecule has 2 amide bonds. The normalized spacial score (nSPS) is 17.0. The minimum Gasteiger partial charge on any atom is -0.336 e. The number of hydrogen-bond donors (Lipinski definition) is 0. The molecular weight excluding hydrogens is 324 g/mol. The van der Waals surface area contributed by atoms with Crippen LogP contribution >= 0.6 is 0 Å². The summed E-state index contributed by atoms with van der Waals surface area (Å²) in [6.45, 7) is 7.10. The number of amides is 2. The number of carbonyl (C=O) groups excluding carboxylic acids is 2. The molecule has 0 spiro atoms. The molecule has 2 aromatic rings. The first kappa shape index (κ1) is 18.2. The van der Waals surface area contributed by atoms with Gasteiger partial charge in [0, 0.05) is 31.2 Å². The monoisotopic (exact) mass is 350 g/mol. The topological polar surface area (TPSA) is 40.6 Å². The molecule has 4 heteroatoms. The van der Waals surface area contributed by atoms with E-state index in [1.807, 2.05) is 80.3 Å². The summed E-state index contributed by atoms with van der Waals surface area (Å²) < 4.78 is 0. The second-order valence-corrected chi connectivity index (χ2v) is 7.29. The van der Waals surface area contributed by atoms with Crippen molar-refractivity contribution in [3.8, 4) is 0 Å². The summed E-state index contributed by atoms with van der Waals surface area (Å²) in [6, 6.07) is 18.0. The van der Waals surface area contributed by atoms with E-state index in [1.54, 1.807) is 4.90 Å². The van der Waals surface area contributed by atoms with Crippen LogP contribution in [0.4, 0.5) is 5.69 Å². The number of anilines is 1. The lowest BCUT2D eigenvalue weighted by Crippen LogP contribution is -2.41. The number of nitrogens with zero attached hydrogens (tertiary/aromatic N) is 2. The van der Waals surface area contributed by atoms with Crippen molar-refractivity contribution in [2.75, 3.05) is 11.4 Å². The Kier molecular flexibility index (Phi) is 5.40. The maximum Gasteiger partial charge on any atom is 0.228 e. The van der Waals surface area contributed by atoms with Gasteiger partial charge in [0.1, 0.15) is 0 Å². The summed E-state index contributed by atoms with van der Waals surface area (Å²) in [4.78, 5) is 29.2. The van der Waals surface area contributed by atoms with Crippen LogP contribution in [0.15, 0.2) is 54.6 Å². The van der Waals surface area contributed by atoms with Crippen LogP contribution in [0.1, 0.15) is 31.4 Å². The van der Waals surface area contributed by atoms with Crippen molar-refractivity contribution in [2.45, 2.75) is 39.8 Å². The van der Waals surface area contributed by atoms with Crippen LogP contribution in [0.25, 0.3) is 0 Å². The maximum atomic E-state index is 13.1. The number of hydrogen-bond acceptors (Lipinski definition) is 2. The van der Waals surface area contributed by atoms with Gasteiger partial charge in [-0.05, 0) is 38.5 Å². The van der Waals surface area contributed by atoms with E-state index < -0.39 is 0 Å². The molecular formula is C22H26N2O2. The third kappa shape index (κ3) is 3.96. The molecule has 1 saturated heterocycles. The number of benzene rings is 2. The van der Waals surface area contributed by atoms with Crippen LogP contribution in [-0.4, -0.2) is 29.3 Å². The first-order valence-electron chi connectivity index (χ1n) is 9.17. The van der Waals surface area contributed by atoms with Gasteiger partial charge in [0.2, 0.25) is 11.8 Å². The number of rotatable bonds is 5. The van der Waals surface area contributed by atoms with Crippen molar-refractivity contribution >= 4 is 17.5 Å². The van der Waals surface area contributed by atoms with Gasteiger partial charge in [-0.25, -0.2) is 0 Å². The molecule has 1 aliphatic heterocycles. The van der Waals surface area contributed by atoms with E-state index in [4.69, 9.17) is 0 Å². The molecule has 3 rings (SSSR count). The van der Waals surface area contributed by atoms with Gasteiger partial charge < -0.3 is 9.80 Å². The largest absolute Gasteiger partial charge is 0.336 e. The predicted molar refractivity (Wildman–Crippen MR) is 104 cm³/mol. The maximum absolute atomic E-state index is 13.1. The zero-order valence-electron chi connectivity index (χ0n) is 15.7. The minimum atomic E-state index is -0.282. The summed E-state index contributed by atoms with van der Waals surface area (Å²) in [5, 5.41) is 0. The molecule has 0 radical (unpaired) electrons. The van der Waals surface area contributed by atoms with E-state index in [0.29, 0.717) is 13.1 Å². The molecule has 1 unspecified atom stereocenters. The quantitative estimate of drug-likeness (QED) is 0.823. The Balaban J connectivity index is 1.73. The second-order valence-electron chi connectivity index (χ2n) is 7.29. The lowest BCUT2D eigenvalue weighted by atomic mass is 10.1. The molecule has 4 nitrogen and oxygen atoms in total. The van der Waals surface area contributed by atoms with Gasteiger partial charge in [-0.1, -0.05) is 48.0 Å². The van der Waals surface area contributed by atoms with E-state index in [1.165, 1.54) is 0 Å². The minimum absolute atomic E-state index is 0.0237. The van der Waals surface area contributed by atoms with Crippen molar-refractivity contribution in [1.29, 1.82) is 0 Å². The van der Waals surface area contributed by atoms with Gasteiger partial charge in [0.15, 0.2) is 0 Å². The first-order valence-corrected chi connectivity index (χ1v) is 9.17. The predicted octanol–water partition coefficient (Wildman–Crippen LogP) is 3.79. The Hall–Kier alpha value is -2.62. The van der Waals surface area contributed by atoms with E-state index in [9.17, 15) is 9.59 Å². The summed E-state index contributed by atoms with van der Waals surface area (Å²) in [5.41, 5.74) is 3.13. The van der Waals surface area contributed by atoms with Gasteiger partial charge in [0.05, 0.1) is 5.92 Å². The second kappa shape index (κ2) is 7.73. The molecule has 0 aromatic heterocycles. The fraction of sp³-hybridized carbons (Fsp3) is 0.364. The van der Waals surface area contributed by atoms with Gasteiger partial charge in [-0.2, -0.15) is 0 Å². The Morgan fingerprint density at radius 3 is 2.38 bits per heavy atom. The SMILES string of the molecule is Cc1ccc(N2CC(C(=O)N(Cc3ccccc3)C(C)C)CC2=O)cc1. The summed E-state index contributed by atoms with van der Waals surface area (Å²) in [7, 11) is 0. The smallest absolute Gasteiger partial charge is 0.228 e. The van der Waals surface area contributed by atoms with Crippen molar-refractivity contribution in [3.05, 3.63) is 65.7 Å². The molecule has 0 bridgehead atoms. The van der Waals surface area contributed by atoms with Crippen molar-refractivity contribution in [2.24, 2.45) is 5.92 Å². The van der Waals surface area contributed by atoms with Gasteiger partial charge in [0.25, 0.3) is 0 Å². The van der Waals surface area contributed by atoms with Crippen LogP contribution < -0.4 is 4.90 Å². The van der Waals surface area contributed by atoms with Crippen LogP contribution in [0, 0.1) is 12.8 Å². The van der Waals surface area contributed by atoms with Crippen LogP contribution in [0.2, 0.25) is 0 Å². The lowest BCUT2D eigenvalue weighted by molar-refractivity contribution is -0.138. The highest BCUT2D eigenvalue weighted by molar-refractivity contribution is 6.00. The van der Waals surface area contributed by atoms with Gasteiger partial charge >= 0.3 is 0 Å². The zero-order valence-corrected chi connectivity index (χ0v) is 15.7. The van der Waals surface area contributed by atoms with E-state index in [2.05, 4.69) is 0 Å². The molecule has 1 atom stereocenters. The van der Waals surface area contributed by atoms with Gasteiger partial charge in [-0.15, -0.1) is 0 Å². The standard InChI is InChI=1S/C22H26N2O2/c1-16(2)23(14-18-7-5-4-6-8-18)22(26)19-13-21(25)24(15-19)20-11-9-17(3)10-12-20/h4-12,16,19H,13-15H2,1-3H3. The fourth-order valence-corrected chi connectivity index (χ4v) is 3.38. The van der Waals surface area contributed by atoms with Gasteiger partial charge in [-0.3, -0.25) is 9.59 Å². The zero-order chi connectivity index (χ0) is 18.7. The Morgan fingerprint density at radius 1 is 1.12 bits per heavy atom. The summed E-state index contributed by atoms with van der Waals surface area (Å²) >= 11 is 0. The Labute approximate surface area is 155 Å². The van der Waals surface area contributed by atoms with Crippen LogP contribution in [0.3, 0.4) is 0 Å². The summed E-state index contributed by atoms with van der Waals surface area (Å²) in [5.74, 6) is -0.197. The molecule has 1 heterocycles. The average molecular weight is 350 g/mol. The molecule has 0 aliphatic carbocycles. The van der Waals surface area contributed by atoms with Crippen molar-refractivity contribution < 1.29 is 9.59 Å². The molecule has 0 N–H and O–H groups in total. The van der Waals surface area contributed by atoms with Crippen molar-refractivity contribution in [3.63, 3.8) is 0 Å². The molecule has 2 aromatic carbocycles. The Bertz CT molecular complexity index is 768. The highest BCUT2D eigenvalue weighted by Gasteiger charge is 2.37. The molecule has 1 fully saturated rings. The molecule has 0 saturated carbocycles. The third-order valence-corrected chi connectivity index (χ3v) is 4.92. The van der Waals surface area contributed by atoms with E-state index >= 15 is 0 Å².